The summed E-state index contributed by atoms with van der Waals surface area (Å²) in [6.45, 7) is 1.83. The minimum Gasteiger partial charge on any atom is -0.398 e. The van der Waals surface area contributed by atoms with Gasteiger partial charge in [0.2, 0.25) is 0 Å². The van der Waals surface area contributed by atoms with Crippen molar-refractivity contribution in [2.45, 2.75) is 6.92 Å². The first-order chi connectivity index (χ1) is 10.5. The molecule has 2 aromatic carbocycles. The molecular weight excluding hydrogens is 304 g/mol. The molecule has 0 aliphatic heterocycles. The third-order valence-electron chi connectivity index (χ3n) is 3.37. The number of nitrogens with zero attached hydrogens (tertiary/aromatic N) is 1. The van der Waals surface area contributed by atoms with Crippen molar-refractivity contribution in [1.29, 1.82) is 0 Å². The average molecular weight is 317 g/mol. The van der Waals surface area contributed by atoms with Crippen LogP contribution < -0.4 is 16.7 Å². The molecule has 4 N–H and O–H groups in total. The number of nitrogen functional groups attached to an aromatic ring is 1. The Balaban J connectivity index is 2.03. The van der Waals surface area contributed by atoms with E-state index in [1.165, 1.54) is 0 Å². The monoisotopic (exact) mass is 316 g/mol. The van der Waals surface area contributed by atoms with Gasteiger partial charge in [0.25, 0.3) is 0 Å². The van der Waals surface area contributed by atoms with Gasteiger partial charge in [0, 0.05) is 16.4 Å². The van der Waals surface area contributed by atoms with Gasteiger partial charge in [-0.3, -0.25) is 0 Å². The van der Waals surface area contributed by atoms with Crippen molar-refractivity contribution < 1.29 is 4.79 Å². The van der Waals surface area contributed by atoms with E-state index >= 15 is 0 Å². The molecule has 0 saturated carbocycles. The van der Waals surface area contributed by atoms with Crippen molar-refractivity contribution in [1.82, 2.24) is 9.55 Å². The number of benzene rings is 2. The van der Waals surface area contributed by atoms with Gasteiger partial charge in [-0.05, 0) is 48.9 Å². The van der Waals surface area contributed by atoms with E-state index in [0.29, 0.717) is 27.4 Å². The summed E-state index contributed by atoms with van der Waals surface area (Å²) in [6.07, 6.45) is 0. The number of fused-ring (bicyclic) bond motifs is 1. The van der Waals surface area contributed by atoms with E-state index in [4.69, 9.17) is 17.3 Å². The zero-order valence-corrected chi connectivity index (χ0v) is 12.4. The fourth-order valence-corrected chi connectivity index (χ4v) is 2.32. The summed E-state index contributed by atoms with van der Waals surface area (Å²) in [5, 5.41) is 3.20. The summed E-state index contributed by atoms with van der Waals surface area (Å²) in [5.41, 5.74) is 8.21. The van der Waals surface area contributed by atoms with Crippen molar-refractivity contribution >= 4 is 40.0 Å². The SMILES string of the molecule is Cc1cc2[nH]c(=O)n(C(=O)Nc3ccc(Cl)cc3)c2cc1N. The highest BCUT2D eigenvalue weighted by molar-refractivity contribution is 6.30. The molecule has 0 radical (unpaired) electrons. The first-order valence-electron chi connectivity index (χ1n) is 6.53. The molecule has 0 saturated heterocycles. The van der Waals surface area contributed by atoms with Crippen molar-refractivity contribution in [3.63, 3.8) is 0 Å². The highest BCUT2D eigenvalue weighted by Crippen LogP contribution is 2.19. The number of H-pyrrole nitrogens is 1. The Kier molecular flexibility index (Phi) is 3.38. The van der Waals surface area contributed by atoms with Crippen molar-refractivity contribution in [3.05, 3.63) is 57.5 Å². The molecule has 112 valence electrons. The van der Waals surface area contributed by atoms with E-state index in [2.05, 4.69) is 10.3 Å². The van der Waals surface area contributed by atoms with Crippen LogP contribution in [0.3, 0.4) is 0 Å². The summed E-state index contributed by atoms with van der Waals surface area (Å²) in [4.78, 5) is 27.0. The molecule has 0 bridgehead atoms. The lowest BCUT2D eigenvalue weighted by molar-refractivity contribution is 0.253. The molecule has 3 rings (SSSR count). The number of hydrogen-bond acceptors (Lipinski definition) is 3. The fourth-order valence-electron chi connectivity index (χ4n) is 2.19. The second kappa shape index (κ2) is 5.23. The Bertz CT molecular complexity index is 925. The molecule has 6 nitrogen and oxygen atoms in total. The van der Waals surface area contributed by atoms with Crippen LogP contribution in [-0.4, -0.2) is 15.6 Å². The van der Waals surface area contributed by atoms with E-state index in [0.717, 1.165) is 10.1 Å². The van der Waals surface area contributed by atoms with E-state index in [1.807, 2.05) is 6.92 Å². The molecule has 7 heteroatoms. The molecule has 0 aliphatic rings. The van der Waals surface area contributed by atoms with Gasteiger partial charge in [-0.15, -0.1) is 0 Å². The summed E-state index contributed by atoms with van der Waals surface area (Å²) in [6, 6.07) is 9.37. The van der Waals surface area contributed by atoms with Crippen LogP contribution >= 0.6 is 11.6 Å². The third kappa shape index (κ3) is 2.44. The Morgan fingerprint density at radius 3 is 2.64 bits per heavy atom. The number of anilines is 2. The van der Waals surface area contributed by atoms with Crippen LogP contribution in [0.1, 0.15) is 5.56 Å². The number of nitrogens with two attached hydrogens (primary N) is 1. The fraction of sp³-hybridized carbons (Fsp3) is 0.0667. The maximum atomic E-state index is 12.3. The number of carbonyl (C=O) groups is 1. The van der Waals surface area contributed by atoms with E-state index in [1.54, 1.807) is 36.4 Å². The van der Waals surface area contributed by atoms with Crippen molar-refractivity contribution in [3.8, 4) is 0 Å². The Morgan fingerprint density at radius 2 is 1.95 bits per heavy atom. The van der Waals surface area contributed by atoms with Gasteiger partial charge in [-0.2, -0.15) is 0 Å². The predicted molar refractivity (Wildman–Crippen MR) is 87.6 cm³/mol. The number of carbonyl (C=O) groups excluding carboxylic acids is 1. The zero-order valence-electron chi connectivity index (χ0n) is 11.7. The van der Waals surface area contributed by atoms with E-state index in [-0.39, 0.29) is 0 Å². The number of aryl methyl sites for hydroxylation is 1. The van der Waals surface area contributed by atoms with Crippen molar-refractivity contribution in [2.75, 3.05) is 11.1 Å². The Labute approximate surface area is 130 Å². The van der Waals surface area contributed by atoms with Gasteiger partial charge in [0.15, 0.2) is 0 Å². The normalized spacial score (nSPS) is 10.8. The van der Waals surface area contributed by atoms with Gasteiger partial charge in [0.05, 0.1) is 11.0 Å². The minimum atomic E-state index is -0.568. The van der Waals surface area contributed by atoms with Crippen LogP contribution in [0.2, 0.25) is 5.02 Å². The Morgan fingerprint density at radius 1 is 1.27 bits per heavy atom. The number of aromatic amines is 1. The van der Waals surface area contributed by atoms with Gasteiger partial charge in [-0.1, -0.05) is 11.6 Å². The van der Waals surface area contributed by atoms with E-state index < -0.39 is 11.7 Å². The van der Waals surface area contributed by atoms with Crippen LogP contribution in [0.4, 0.5) is 16.2 Å². The van der Waals surface area contributed by atoms with Crippen LogP contribution in [0.5, 0.6) is 0 Å². The third-order valence-corrected chi connectivity index (χ3v) is 3.62. The van der Waals surface area contributed by atoms with Crippen LogP contribution in [0.15, 0.2) is 41.2 Å². The lowest BCUT2D eigenvalue weighted by Crippen LogP contribution is -2.29. The maximum absolute atomic E-state index is 12.3. The molecule has 0 fully saturated rings. The lowest BCUT2D eigenvalue weighted by atomic mass is 10.2. The maximum Gasteiger partial charge on any atom is 0.334 e. The van der Waals surface area contributed by atoms with Crippen molar-refractivity contribution in [2.24, 2.45) is 0 Å². The predicted octanol–water partition coefficient (Wildman–Crippen LogP) is 2.95. The molecule has 1 aromatic heterocycles. The average Bonchev–Trinajstić information content (AvgIpc) is 2.77. The molecule has 0 spiro atoms. The molecule has 0 aliphatic carbocycles. The van der Waals surface area contributed by atoms with Crippen LogP contribution in [0, 0.1) is 6.92 Å². The first kappa shape index (κ1) is 14.2. The molecule has 0 atom stereocenters. The molecular formula is C15H13ClN4O2. The first-order valence-corrected chi connectivity index (χ1v) is 6.91. The summed E-state index contributed by atoms with van der Waals surface area (Å²) >= 11 is 5.80. The van der Waals surface area contributed by atoms with Crippen LogP contribution in [-0.2, 0) is 0 Å². The quantitative estimate of drug-likeness (QED) is 0.602. The number of halogens is 1. The topological polar surface area (TPSA) is 92.9 Å². The summed E-state index contributed by atoms with van der Waals surface area (Å²) in [5.74, 6) is 0. The largest absolute Gasteiger partial charge is 0.398 e. The molecule has 1 heterocycles. The highest BCUT2D eigenvalue weighted by atomic mass is 35.5. The zero-order chi connectivity index (χ0) is 15.9. The summed E-state index contributed by atoms with van der Waals surface area (Å²) < 4.78 is 1.01. The molecule has 0 unspecified atom stereocenters. The minimum absolute atomic E-state index is 0.430. The number of imidazole rings is 1. The second-order valence-corrected chi connectivity index (χ2v) is 5.36. The smallest absolute Gasteiger partial charge is 0.334 e. The summed E-state index contributed by atoms with van der Waals surface area (Å²) in [7, 11) is 0. The number of amides is 1. The van der Waals surface area contributed by atoms with Gasteiger partial charge in [-0.25, -0.2) is 14.2 Å². The van der Waals surface area contributed by atoms with Crippen LogP contribution in [0.25, 0.3) is 11.0 Å². The van der Waals surface area contributed by atoms with E-state index in [9.17, 15) is 9.59 Å². The number of nitrogens with one attached hydrogen (secondary N) is 2. The number of aromatic nitrogens is 2. The van der Waals surface area contributed by atoms with Gasteiger partial charge >= 0.3 is 11.7 Å². The standard InChI is InChI=1S/C15H13ClN4O2/c1-8-6-12-13(7-11(8)17)20(15(22)19-12)14(21)18-10-4-2-9(16)3-5-10/h2-7H,17H2,1H3,(H,18,21)(H,19,22). The van der Waals surface area contributed by atoms with Gasteiger partial charge < -0.3 is 16.0 Å². The number of rotatable bonds is 1. The highest BCUT2D eigenvalue weighted by Gasteiger charge is 2.15. The second-order valence-electron chi connectivity index (χ2n) is 4.93. The molecule has 3 aromatic rings. The molecule has 22 heavy (non-hydrogen) atoms. The lowest BCUT2D eigenvalue weighted by Gasteiger charge is -2.07. The Hall–Kier alpha value is -2.73. The molecule has 1 amide bonds. The van der Waals surface area contributed by atoms with Gasteiger partial charge in [0.1, 0.15) is 0 Å². The number of hydrogen-bond donors (Lipinski definition) is 3.